The van der Waals surface area contributed by atoms with Crippen LogP contribution in [0.5, 0.6) is 0 Å². The molecule has 128 valence electrons. The van der Waals surface area contributed by atoms with Crippen molar-refractivity contribution in [3.05, 3.63) is 58.1 Å². The standard InChI is InChI=1S/C18H19BrN6/c1-11-7-12(2)9-15(8-11)22-18-24-16(20-3)23-17(25-18)21-14-6-4-5-13(19)10-14/h4-10H,1-3H3,(H3,20,21,22,23,24,25). The van der Waals surface area contributed by atoms with Crippen LogP contribution in [0.1, 0.15) is 11.1 Å². The Morgan fingerprint density at radius 2 is 1.36 bits per heavy atom. The highest BCUT2D eigenvalue weighted by Crippen LogP contribution is 2.22. The SMILES string of the molecule is CNc1nc(Nc2cc(C)cc(C)c2)nc(Nc2cccc(Br)c2)n1. The average Bonchev–Trinajstić information content (AvgIpc) is 2.53. The van der Waals surface area contributed by atoms with E-state index < -0.39 is 0 Å². The van der Waals surface area contributed by atoms with Gasteiger partial charge in [-0.3, -0.25) is 0 Å². The molecular weight excluding hydrogens is 380 g/mol. The summed E-state index contributed by atoms with van der Waals surface area (Å²) in [7, 11) is 1.78. The Morgan fingerprint density at radius 3 is 1.96 bits per heavy atom. The highest BCUT2D eigenvalue weighted by molar-refractivity contribution is 9.10. The van der Waals surface area contributed by atoms with E-state index in [-0.39, 0.29) is 0 Å². The van der Waals surface area contributed by atoms with Gasteiger partial charge in [-0.05, 0) is 55.3 Å². The molecule has 0 aliphatic heterocycles. The van der Waals surface area contributed by atoms with Crippen LogP contribution in [-0.4, -0.2) is 22.0 Å². The number of nitrogens with one attached hydrogen (secondary N) is 3. The predicted octanol–water partition coefficient (Wildman–Crippen LogP) is 4.78. The first-order chi connectivity index (χ1) is 12.0. The summed E-state index contributed by atoms with van der Waals surface area (Å²) in [5, 5.41) is 9.40. The number of aryl methyl sites for hydroxylation is 2. The third-order valence-corrected chi connectivity index (χ3v) is 3.91. The molecule has 0 aliphatic carbocycles. The molecule has 0 amide bonds. The summed E-state index contributed by atoms with van der Waals surface area (Å²) in [6.07, 6.45) is 0. The lowest BCUT2D eigenvalue weighted by Crippen LogP contribution is -2.07. The summed E-state index contributed by atoms with van der Waals surface area (Å²) in [6.45, 7) is 4.12. The van der Waals surface area contributed by atoms with Crippen molar-refractivity contribution in [2.75, 3.05) is 23.0 Å². The zero-order valence-corrected chi connectivity index (χ0v) is 15.8. The van der Waals surface area contributed by atoms with Crippen molar-refractivity contribution in [3.8, 4) is 0 Å². The van der Waals surface area contributed by atoms with Crippen LogP contribution in [0.15, 0.2) is 46.9 Å². The van der Waals surface area contributed by atoms with Gasteiger partial charge in [-0.2, -0.15) is 15.0 Å². The molecule has 0 unspecified atom stereocenters. The van der Waals surface area contributed by atoms with E-state index in [1.807, 2.05) is 24.3 Å². The summed E-state index contributed by atoms with van der Waals surface area (Å²) in [4.78, 5) is 13.2. The Balaban J connectivity index is 1.89. The first-order valence-electron chi connectivity index (χ1n) is 7.83. The Labute approximate surface area is 155 Å². The van der Waals surface area contributed by atoms with E-state index in [0.29, 0.717) is 17.8 Å². The molecule has 3 rings (SSSR count). The van der Waals surface area contributed by atoms with Gasteiger partial charge in [0.05, 0.1) is 0 Å². The van der Waals surface area contributed by atoms with E-state index in [2.05, 4.69) is 78.9 Å². The molecule has 0 bridgehead atoms. The lowest BCUT2D eigenvalue weighted by atomic mass is 10.1. The topological polar surface area (TPSA) is 74.8 Å². The molecule has 0 radical (unpaired) electrons. The van der Waals surface area contributed by atoms with Crippen molar-refractivity contribution in [1.82, 2.24) is 15.0 Å². The van der Waals surface area contributed by atoms with Gasteiger partial charge in [0.1, 0.15) is 0 Å². The van der Waals surface area contributed by atoms with Crippen LogP contribution < -0.4 is 16.0 Å². The summed E-state index contributed by atoms with van der Waals surface area (Å²) < 4.78 is 0.981. The molecule has 3 N–H and O–H groups in total. The van der Waals surface area contributed by atoms with Gasteiger partial charge in [0, 0.05) is 22.9 Å². The van der Waals surface area contributed by atoms with Crippen LogP contribution >= 0.6 is 15.9 Å². The minimum absolute atomic E-state index is 0.462. The molecule has 0 fully saturated rings. The van der Waals surface area contributed by atoms with Crippen molar-refractivity contribution in [1.29, 1.82) is 0 Å². The number of nitrogens with zero attached hydrogens (tertiary/aromatic N) is 3. The zero-order chi connectivity index (χ0) is 17.8. The fourth-order valence-corrected chi connectivity index (χ4v) is 2.87. The van der Waals surface area contributed by atoms with Crippen molar-refractivity contribution >= 4 is 45.1 Å². The highest BCUT2D eigenvalue weighted by atomic mass is 79.9. The van der Waals surface area contributed by atoms with E-state index in [4.69, 9.17) is 0 Å². The van der Waals surface area contributed by atoms with Crippen LogP contribution in [0, 0.1) is 13.8 Å². The lowest BCUT2D eigenvalue weighted by molar-refractivity contribution is 1.06. The van der Waals surface area contributed by atoms with Crippen molar-refractivity contribution < 1.29 is 0 Å². The first-order valence-corrected chi connectivity index (χ1v) is 8.63. The molecule has 0 atom stereocenters. The van der Waals surface area contributed by atoms with E-state index in [9.17, 15) is 0 Å². The quantitative estimate of drug-likeness (QED) is 0.574. The van der Waals surface area contributed by atoms with Gasteiger partial charge >= 0.3 is 0 Å². The second kappa shape index (κ2) is 7.48. The maximum Gasteiger partial charge on any atom is 0.233 e. The smallest absolute Gasteiger partial charge is 0.233 e. The van der Waals surface area contributed by atoms with Crippen LogP contribution in [-0.2, 0) is 0 Å². The third-order valence-electron chi connectivity index (χ3n) is 3.42. The summed E-state index contributed by atoms with van der Waals surface area (Å²) in [5.74, 6) is 1.42. The molecule has 7 heteroatoms. The van der Waals surface area contributed by atoms with E-state index in [0.717, 1.165) is 15.8 Å². The van der Waals surface area contributed by atoms with Gasteiger partial charge in [-0.15, -0.1) is 0 Å². The lowest BCUT2D eigenvalue weighted by Gasteiger charge is -2.11. The second-order valence-corrected chi connectivity index (χ2v) is 6.61. The molecule has 3 aromatic rings. The maximum atomic E-state index is 4.46. The minimum Gasteiger partial charge on any atom is -0.357 e. The Bertz CT molecular complexity index is 876. The number of benzene rings is 2. The Morgan fingerprint density at radius 1 is 0.760 bits per heavy atom. The minimum atomic E-state index is 0.462. The number of hydrogen-bond acceptors (Lipinski definition) is 6. The molecule has 0 saturated carbocycles. The fraction of sp³-hybridized carbons (Fsp3) is 0.167. The summed E-state index contributed by atoms with van der Waals surface area (Å²) >= 11 is 3.46. The number of aromatic nitrogens is 3. The molecule has 0 aliphatic rings. The number of halogens is 1. The third kappa shape index (κ3) is 4.67. The van der Waals surface area contributed by atoms with Gasteiger partial charge in [-0.25, -0.2) is 0 Å². The molecule has 25 heavy (non-hydrogen) atoms. The summed E-state index contributed by atoms with van der Waals surface area (Å²) in [6, 6.07) is 14.0. The van der Waals surface area contributed by atoms with E-state index in [1.54, 1.807) is 7.05 Å². The summed E-state index contributed by atoms with van der Waals surface area (Å²) in [5.41, 5.74) is 4.19. The Kier molecular flexibility index (Phi) is 5.14. The highest BCUT2D eigenvalue weighted by Gasteiger charge is 2.07. The molecule has 6 nitrogen and oxygen atoms in total. The monoisotopic (exact) mass is 398 g/mol. The molecule has 1 aromatic heterocycles. The van der Waals surface area contributed by atoms with Crippen LogP contribution in [0.3, 0.4) is 0 Å². The van der Waals surface area contributed by atoms with Gasteiger partial charge < -0.3 is 16.0 Å². The van der Waals surface area contributed by atoms with Crippen molar-refractivity contribution in [2.24, 2.45) is 0 Å². The second-order valence-electron chi connectivity index (χ2n) is 5.69. The van der Waals surface area contributed by atoms with Gasteiger partial charge in [0.25, 0.3) is 0 Å². The molecule has 2 aromatic carbocycles. The number of anilines is 5. The average molecular weight is 399 g/mol. The predicted molar refractivity (Wildman–Crippen MR) is 106 cm³/mol. The first kappa shape index (κ1) is 17.2. The van der Waals surface area contributed by atoms with Crippen molar-refractivity contribution in [2.45, 2.75) is 13.8 Å². The maximum absolute atomic E-state index is 4.46. The number of hydrogen-bond donors (Lipinski definition) is 3. The van der Waals surface area contributed by atoms with Crippen LogP contribution in [0.2, 0.25) is 0 Å². The van der Waals surface area contributed by atoms with Crippen LogP contribution in [0.4, 0.5) is 29.2 Å². The normalized spacial score (nSPS) is 10.4. The van der Waals surface area contributed by atoms with Crippen molar-refractivity contribution in [3.63, 3.8) is 0 Å². The molecular formula is C18H19BrN6. The van der Waals surface area contributed by atoms with E-state index >= 15 is 0 Å². The molecule has 0 spiro atoms. The molecule has 0 saturated heterocycles. The number of rotatable bonds is 5. The van der Waals surface area contributed by atoms with Gasteiger partial charge in [0.15, 0.2) is 0 Å². The zero-order valence-electron chi connectivity index (χ0n) is 14.3. The molecule has 1 heterocycles. The van der Waals surface area contributed by atoms with E-state index in [1.165, 1.54) is 11.1 Å². The van der Waals surface area contributed by atoms with Gasteiger partial charge in [0.2, 0.25) is 17.8 Å². The fourth-order valence-electron chi connectivity index (χ4n) is 2.47. The van der Waals surface area contributed by atoms with Gasteiger partial charge in [-0.1, -0.05) is 28.1 Å². The Hall–Kier alpha value is -2.67. The largest absolute Gasteiger partial charge is 0.357 e. The van der Waals surface area contributed by atoms with Crippen LogP contribution in [0.25, 0.3) is 0 Å².